The molecule has 1 aromatic carbocycles. The van der Waals surface area contributed by atoms with Gasteiger partial charge >= 0.3 is 10.3 Å². The molecule has 4 atom stereocenters. The van der Waals surface area contributed by atoms with Gasteiger partial charge in [-0.25, -0.2) is 0 Å². The van der Waals surface area contributed by atoms with Crippen LogP contribution < -0.4 is 9.32 Å². The maximum atomic E-state index is 11.3. The third-order valence-corrected chi connectivity index (χ3v) is 7.59. The molecule has 3 aliphatic carbocycles. The SMILES string of the molecule is C=C1CCC2C3CCc4cc(OS(N)(=O)=O)c(C)cc4C3CC[C@]12C. The van der Waals surface area contributed by atoms with Crippen LogP contribution in [-0.2, 0) is 16.7 Å². The van der Waals surface area contributed by atoms with E-state index in [1.165, 1.54) is 48.8 Å². The van der Waals surface area contributed by atoms with Gasteiger partial charge in [-0.15, -0.1) is 0 Å². The van der Waals surface area contributed by atoms with Gasteiger partial charge in [-0.05, 0) is 91.4 Å². The second kappa shape index (κ2) is 5.58. The van der Waals surface area contributed by atoms with Crippen molar-refractivity contribution in [1.82, 2.24) is 0 Å². The fraction of sp³-hybridized carbons (Fsp3) is 0.600. The van der Waals surface area contributed by atoms with Gasteiger partial charge in [0.2, 0.25) is 0 Å². The van der Waals surface area contributed by atoms with Crippen LogP contribution in [0.2, 0.25) is 0 Å². The molecule has 1 aromatic rings. The first kappa shape index (κ1) is 17.1. The number of hydrogen-bond acceptors (Lipinski definition) is 3. The van der Waals surface area contributed by atoms with Crippen LogP contribution in [0.5, 0.6) is 5.75 Å². The van der Waals surface area contributed by atoms with Crippen LogP contribution in [0, 0.1) is 24.2 Å². The van der Waals surface area contributed by atoms with Gasteiger partial charge in [0.05, 0.1) is 0 Å². The van der Waals surface area contributed by atoms with Crippen molar-refractivity contribution < 1.29 is 12.6 Å². The van der Waals surface area contributed by atoms with E-state index in [-0.39, 0.29) is 0 Å². The molecule has 0 aromatic heterocycles. The molecule has 3 unspecified atom stereocenters. The predicted octanol–water partition coefficient (Wildman–Crippen LogP) is 3.99. The molecule has 4 nitrogen and oxygen atoms in total. The lowest BCUT2D eigenvalue weighted by Gasteiger charge is -2.49. The second-order valence-electron chi connectivity index (χ2n) is 8.41. The van der Waals surface area contributed by atoms with Gasteiger partial charge in [0.1, 0.15) is 5.75 Å². The lowest BCUT2D eigenvalue weighted by molar-refractivity contribution is 0.0816. The average Bonchev–Trinajstić information content (AvgIpc) is 2.82. The summed E-state index contributed by atoms with van der Waals surface area (Å²) in [5.74, 6) is 2.41. The van der Waals surface area contributed by atoms with E-state index in [0.717, 1.165) is 23.8 Å². The van der Waals surface area contributed by atoms with Crippen molar-refractivity contribution in [3.05, 3.63) is 41.0 Å². The summed E-state index contributed by atoms with van der Waals surface area (Å²) in [4.78, 5) is 0. The Bertz CT molecular complexity index is 845. The molecule has 0 amide bonds. The first-order valence-electron chi connectivity index (χ1n) is 9.23. The topological polar surface area (TPSA) is 69.4 Å². The van der Waals surface area contributed by atoms with Crippen LogP contribution in [0.25, 0.3) is 0 Å². The number of fused-ring (bicyclic) bond motifs is 5. The molecule has 0 heterocycles. The van der Waals surface area contributed by atoms with Crippen LogP contribution in [0.4, 0.5) is 0 Å². The van der Waals surface area contributed by atoms with Gasteiger partial charge in [-0.3, -0.25) is 0 Å². The highest BCUT2D eigenvalue weighted by atomic mass is 32.2. The number of hydrogen-bond donors (Lipinski definition) is 1. The number of rotatable bonds is 2. The Morgan fingerprint density at radius 1 is 1.24 bits per heavy atom. The van der Waals surface area contributed by atoms with Crippen LogP contribution in [0.15, 0.2) is 24.3 Å². The summed E-state index contributed by atoms with van der Waals surface area (Å²) >= 11 is 0. The Labute approximate surface area is 150 Å². The third-order valence-electron chi connectivity index (χ3n) is 7.18. The molecule has 3 aliphatic rings. The van der Waals surface area contributed by atoms with Crippen molar-refractivity contribution in [2.75, 3.05) is 0 Å². The molecule has 136 valence electrons. The van der Waals surface area contributed by atoms with Crippen molar-refractivity contribution in [2.45, 2.75) is 58.3 Å². The summed E-state index contributed by atoms with van der Waals surface area (Å²) in [7, 11) is -3.99. The highest BCUT2D eigenvalue weighted by Gasteiger charge is 2.51. The standard InChI is InChI=1S/C20H27NO3S/c1-12-10-17-14(11-19(12)24-25(21,22)23)5-6-16-15(17)8-9-20(3)13(2)4-7-18(16)20/h10-11,15-16,18H,2,4-9H2,1,3H3,(H2,21,22,23)/t15?,16?,18?,20-/m1/s1. The van der Waals surface area contributed by atoms with Gasteiger partial charge in [-0.1, -0.05) is 25.1 Å². The molecule has 2 saturated carbocycles. The first-order chi connectivity index (χ1) is 11.7. The molecule has 2 N–H and O–H groups in total. The molecule has 4 rings (SSSR count). The van der Waals surface area contributed by atoms with E-state index in [1.807, 2.05) is 13.0 Å². The minimum atomic E-state index is -3.99. The van der Waals surface area contributed by atoms with Crippen LogP contribution >= 0.6 is 0 Å². The number of allylic oxidation sites excluding steroid dienone is 1. The zero-order chi connectivity index (χ0) is 18.0. The number of nitrogens with two attached hydrogens (primary N) is 1. The zero-order valence-corrected chi connectivity index (χ0v) is 15.9. The third kappa shape index (κ3) is 2.72. The Morgan fingerprint density at radius 3 is 2.72 bits per heavy atom. The Hall–Kier alpha value is -1.33. The maximum Gasteiger partial charge on any atom is 0.380 e. The summed E-state index contributed by atoms with van der Waals surface area (Å²) < 4.78 is 27.5. The van der Waals surface area contributed by atoms with Crippen molar-refractivity contribution in [2.24, 2.45) is 22.4 Å². The summed E-state index contributed by atoms with van der Waals surface area (Å²) in [6.45, 7) is 8.69. The van der Waals surface area contributed by atoms with E-state index in [9.17, 15) is 8.42 Å². The fourth-order valence-corrected chi connectivity index (χ4v) is 6.26. The smallest absolute Gasteiger partial charge is 0.371 e. The van der Waals surface area contributed by atoms with Crippen LogP contribution in [-0.4, -0.2) is 8.42 Å². The van der Waals surface area contributed by atoms with Gasteiger partial charge in [0, 0.05) is 0 Å². The van der Waals surface area contributed by atoms with Crippen molar-refractivity contribution >= 4 is 10.3 Å². The number of aryl methyl sites for hydroxylation is 2. The zero-order valence-electron chi connectivity index (χ0n) is 15.0. The summed E-state index contributed by atoms with van der Waals surface area (Å²) in [5, 5.41) is 5.05. The summed E-state index contributed by atoms with van der Waals surface area (Å²) in [6, 6.07) is 4.03. The summed E-state index contributed by atoms with van der Waals surface area (Å²) in [6.07, 6.45) is 7.01. The molecule has 0 spiro atoms. The summed E-state index contributed by atoms with van der Waals surface area (Å²) in [5.41, 5.74) is 5.25. The van der Waals surface area contributed by atoms with Gasteiger partial charge in [0.15, 0.2) is 0 Å². The quantitative estimate of drug-likeness (QED) is 0.810. The number of benzene rings is 1. The molecule has 0 radical (unpaired) electrons. The van der Waals surface area contributed by atoms with E-state index >= 15 is 0 Å². The van der Waals surface area contributed by atoms with E-state index < -0.39 is 10.3 Å². The molecule has 25 heavy (non-hydrogen) atoms. The molecule has 0 bridgehead atoms. The van der Waals surface area contributed by atoms with Gasteiger partial charge < -0.3 is 4.18 Å². The van der Waals surface area contributed by atoms with E-state index in [2.05, 4.69) is 19.6 Å². The van der Waals surface area contributed by atoms with Gasteiger partial charge in [-0.2, -0.15) is 13.6 Å². The van der Waals surface area contributed by atoms with Gasteiger partial charge in [0.25, 0.3) is 0 Å². The lowest BCUT2D eigenvalue weighted by atomic mass is 9.55. The van der Waals surface area contributed by atoms with E-state index in [4.69, 9.17) is 9.32 Å². The van der Waals surface area contributed by atoms with Crippen molar-refractivity contribution in [3.63, 3.8) is 0 Å². The Kier molecular flexibility index (Phi) is 3.82. The lowest BCUT2D eigenvalue weighted by Crippen LogP contribution is -2.40. The Morgan fingerprint density at radius 2 is 2.00 bits per heavy atom. The van der Waals surface area contributed by atoms with E-state index in [0.29, 0.717) is 17.1 Å². The van der Waals surface area contributed by atoms with Crippen LogP contribution in [0.1, 0.15) is 61.6 Å². The molecule has 0 aliphatic heterocycles. The fourth-order valence-electron chi connectivity index (χ4n) is 5.83. The minimum absolute atomic E-state index is 0.324. The minimum Gasteiger partial charge on any atom is -0.371 e. The van der Waals surface area contributed by atoms with Crippen LogP contribution in [0.3, 0.4) is 0 Å². The molecule has 5 heteroatoms. The molecule has 0 saturated heterocycles. The highest BCUT2D eigenvalue weighted by Crippen LogP contribution is 2.62. The highest BCUT2D eigenvalue weighted by molar-refractivity contribution is 7.84. The maximum absolute atomic E-state index is 11.3. The molecule has 2 fully saturated rings. The monoisotopic (exact) mass is 361 g/mol. The molecular weight excluding hydrogens is 334 g/mol. The normalized spacial score (nSPS) is 34.2. The largest absolute Gasteiger partial charge is 0.380 e. The van der Waals surface area contributed by atoms with E-state index in [1.54, 1.807) is 0 Å². The van der Waals surface area contributed by atoms with Crippen molar-refractivity contribution in [3.8, 4) is 5.75 Å². The Balaban J connectivity index is 1.69. The van der Waals surface area contributed by atoms with Crippen molar-refractivity contribution in [1.29, 1.82) is 0 Å². The molecular formula is C20H27NO3S. The first-order valence-corrected chi connectivity index (χ1v) is 10.7. The predicted molar refractivity (Wildman–Crippen MR) is 98.7 cm³/mol. The second-order valence-corrected chi connectivity index (χ2v) is 9.56. The average molecular weight is 362 g/mol.